The van der Waals surface area contributed by atoms with E-state index >= 15 is 0 Å². The van der Waals surface area contributed by atoms with E-state index in [1.54, 1.807) is 19.2 Å². The molecule has 0 aliphatic rings. The predicted molar refractivity (Wildman–Crippen MR) is 83.2 cm³/mol. The molecule has 0 aliphatic carbocycles. The third-order valence-electron chi connectivity index (χ3n) is 3.35. The SMILES string of the molecule is COc1cccc(C(O)COc2ccccc2-c2nnco2)c1. The van der Waals surface area contributed by atoms with E-state index in [9.17, 15) is 5.11 Å². The summed E-state index contributed by atoms with van der Waals surface area (Å²) in [7, 11) is 1.59. The fourth-order valence-corrected chi connectivity index (χ4v) is 2.17. The van der Waals surface area contributed by atoms with Crippen molar-refractivity contribution in [2.75, 3.05) is 13.7 Å². The van der Waals surface area contributed by atoms with Crippen LogP contribution in [-0.4, -0.2) is 29.0 Å². The van der Waals surface area contributed by atoms with Gasteiger partial charge in [0.1, 0.15) is 24.2 Å². The van der Waals surface area contributed by atoms with E-state index in [1.807, 2.05) is 36.4 Å². The Morgan fingerprint density at radius 1 is 1.17 bits per heavy atom. The third-order valence-corrected chi connectivity index (χ3v) is 3.35. The minimum absolute atomic E-state index is 0.0956. The number of para-hydroxylation sites is 1. The van der Waals surface area contributed by atoms with Crippen LogP contribution >= 0.6 is 0 Å². The maximum Gasteiger partial charge on any atom is 0.251 e. The molecule has 23 heavy (non-hydrogen) atoms. The molecule has 118 valence electrons. The highest BCUT2D eigenvalue weighted by molar-refractivity contribution is 5.62. The Kier molecular flexibility index (Phi) is 4.54. The standard InChI is InChI=1S/C17H16N2O4/c1-21-13-6-4-5-12(9-13)15(20)10-22-16-8-3-2-7-14(16)17-19-18-11-23-17/h2-9,11,15,20H,10H2,1H3. The predicted octanol–water partition coefficient (Wildman–Crippen LogP) is 2.86. The van der Waals surface area contributed by atoms with Crippen molar-refractivity contribution in [1.29, 1.82) is 0 Å². The Labute approximate surface area is 133 Å². The van der Waals surface area contributed by atoms with Crippen molar-refractivity contribution in [3.05, 3.63) is 60.5 Å². The number of rotatable bonds is 6. The van der Waals surface area contributed by atoms with Crippen molar-refractivity contribution in [3.8, 4) is 23.0 Å². The van der Waals surface area contributed by atoms with Gasteiger partial charge in [0.15, 0.2) is 0 Å². The quantitative estimate of drug-likeness (QED) is 0.754. The molecule has 2 aromatic carbocycles. The molecule has 6 heteroatoms. The van der Waals surface area contributed by atoms with Gasteiger partial charge < -0.3 is 19.0 Å². The molecular formula is C17H16N2O4. The number of hydrogen-bond acceptors (Lipinski definition) is 6. The molecule has 0 aliphatic heterocycles. The van der Waals surface area contributed by atoms with Crippen LogP contribution in [0.4, 0.5) is 0 Å². The lowest BCUT2D eigenvalue weighted by atomic mass is 10.1. The summed E-state index contributed by atoms with van der Waals surface area (Å²) in [4.78, 5) is 0. The van der Waals surface area contributed by atoms with E-state index in [2.05, 4.69) is 10.2 Å². The lowest BCUT2D eigenvalue weighted by Gasteiger charge is -2.14. The summed E-state index contributed by atoms with van der Waals surface area (Å²) in [5.41, 5.74) is 1.41. The molecule has 0 spiro atoms. The molecule has 1 heterocycles. The number of nitrogens with zero attached hydrogens (tertiary/aromatic N) is 2. The normalized spacial score (nSPS) is 11.9. The Morgan fingerprint density at radius 3 is 2.83 bits per heavy atom. The van der Waals surface area contributed by atoms with Gasteiger partial charge in [0.25, 0.3) is 5.89 Å². The van der Waals surface area contributed by atoms with Crippen LogP contribution in [-0.2, 0) is 0 Å². The second-order valence-electron chi connectivity index (χ2n) is 4.84. The van der Waals surface area contributed by atoms with Crippen molar-refractivity contribution in [1.82, 2.24) is 10.2 Å². The molecule has 0 saturated heterocycles. The maximum atomic E-state index is 10.3. The highest BCUT2D eigenvalue weighted by Crippen LogP contribution is 2.29. The highest BCUT2D eigenvalue weighted by atomic mass is 16.5. The average Bonchev–Trinajstić information content (AvgIpc) is 3.14. The third kappa shape index (κ3) is 3.49. The van der Waals surface area contributed by atoms with Crippen LogP contribution in [0.5, 0.6) is 11.5 Å². The van der Waals surface area contributed by atoms with E-state index in [-0.39, 0.29) is 6.61 Å². The largest absolute Gasteiger partial charge is 0.497 e. The number of methoxy groups -OCH3 is 1. The summed E-state index contributed by atoms with van der Waals surface area (Å²) in [5, 5.41) is 17.8. The summed E-state index contributed by atoms with van der Waals surface area (Å²) in [6.07, 6.45) is 0.484. The van der Waals surface area contributed by atoms with Crippen LogP contribution in [0.3, 0.4) is 0 Å². The highest BCUT2D eigenvalue weighted by Gasteiger charge is 2.14. The monoisotopic (exact) mass is 312 g/mol. The van der Waals surface area contributed by atoms with Crippen LogP contribution in [0.1, 0.15) is 11.7 Å². The summed E-state index contributed by atoms with van der Waals surface area (Å²) in [5.74, 6) is 1.63. The number of benzene rings is 2. The van der Waals surface area contributed by atoms with Crippen molar-refractivity contribution < 1.29 is 19.0 Å². The van der Waals surface area contributed by atoms with Crippen LogP contribution in [0.25, 0.3) is 11.5 Å². The molecule has 6 nitrogen and oxygen atoms in total. The Morgan fingerprint density at radius 2 is 2.04 bits per heavy atom. The smallest absolute Gasteiger partial charge is 0.251 e. The van der Waals surface area contributed by atoms with Crippen molar-refractivity contribution >= 4 is 0 Å². The molecule has 3 rings (SSSR count). The molecule has 1 aromatic heterocycles. The van der Waals surface area contributed by atoms with Gasteiger partial charge in [-0.2, -0.15) is 0 Å². The van der Waals surface area contributed by atoms with E-state index in [1.165, 1.54) is 6.39 Å². The molecule has 1 N–H and O–H groups in total. The first-order valence-corrected chi connectivity index (χ1v) is 7.08. The van der Waals surface area contributed by atoms with Crippen LogP contribution < -0.4 is 9.47 Å². The average molecular weight is 312 g/mol. The topological polar surface area (TPSA) is 77.6 Å². The first-order valence-electron chi connectivity index (χ1n) is 7.08. The second kappa shape index (κ2) is 6.93. The van der Waals surface area contributed by atoms with Gasteiger partial charge in [0.2, 0.25) is 6.39 Å². The molecule has 3 aromatic rings. The molecule has 1 unspecified atom stereocenters. The maximum absolute atomic E-state index is 10.3. The van der Waals surface area contributed by atoms with Crippen molar-refractivity contribution in [3.63, 3.8) is 0 Å². The number of aromatic nitrogens is 2. The van der Waals surface area contributed by atoms with Gasteiger partial charge in [-0.15, -0.1) is 10.2 Å². The fourth-order valence-electron chi connectivity index (χ4n) is 2.17. The fraction of sp³-hybridized carbons (Fsp3) is 0.176. The van der Waals surface area contributed by atoms with E-state index in [0.29, 0.717) is 23.0 Å². The molecule has 0 bridgehead atoms. The van der Waals surface area contributed by atoms with E-state index in [4.69, 9.17) is 13.9 Å². The zero-order valence-corrected chi connectivity index (χ0v) is 12.5. The molecular weight excluding hydrogens is 296 g/mol. The van der Waals surface area contributed by atoms with Crippen LogP contribution in [0.15, 0.2) is 59.3 Å². The van der Waals surface area contributed by atoms with E-state index < -0.39 is 6.10 Å². The summed E-state index contributed by atoms with van der Waals surface area (Å²) < 4.78 is 16.1. The van der Waals surface area contributed by atoms with Crippen LogP contribution in [0.2, 0.25) is 0 Å². The number of hydrogen-bond donors (Lipinski definition) is 1. The molecule has 0 saturated carbocycles. The second-order valence-corrected chi connectivity index (χ2v) is 4.84. The zero-order chi connectivity index (χ0) is 16.1. The molecule has 1 atom stereocenters. The first-order chi connectivity index (χ1) is 11.3. The summed E-state index contributed by atoms with van der Waals surface area (Å²) in [6, 6.07) is 14.5. The minimum atomic E-state index is -0.777. The van der Waals surface area contributed by atoms with Gasteiger partial charge in [0, 0.05) is 0 Å². The Bertz CT molecular complexity index is 759. The number of ether oxygens (including phenoxy) is 2. The number of aliphatic hydroxyl groups is 1. The summed E-state index contributed by atoms with van der Waals surface area (Å²) >= 11 is 0. The van der Waals surface area contributed by atoms with Gasteiger partial charge in [0.05, 0.1) is 12.7 Å². The number of aliphatic hydroxyl groups excluding tert-OH is 1. The van der Waals surface area contributed by atoms with E-state index in [0.717, 1.165) is 5.56 Å². The van der Waals surface area contributed by atoms with Gasteiger partial charge in [-0.3, -0.25) is 0 Å². The van der Waals surface area contributed by atoms with Gasteiger partial charge in [-0.25, -0.2) is 0 Å². The van der Waals surface area contributed by atoms with Gasteiger partial charge in [-0.05, 0) is 29.8 Å². The first kappa shape index (κ1) is 15.1. The summed E-state index contributed by atoms with van der Waals surface area (Å²) in [6.45, 7) is 0.0956. The molecule has 0 fully saturated rings. The lowest BCUT2D eigenvalue weighted by molar-refractivity contribution is 0.108. The van der Waals surface area contributed by atoms with Gasteiger partial charge >= 0.3 is 0 Å². The Hall–Kier alpha value is -2.86. The minimum Gasteiger partial charge on any atom is -0.497 e. The zero-order valence-electron chi connectivity index (χ0n) is 12.5. The lowest BCUT2D eigenvalue weighted by Crippen LogP contribution is -2.10. The molecule has 0 amide bonds. The van der Waals surface area contributed by atoms with Gasteiger partial charge in [-0.1, -0.05) is 24.3 Å². The van der Waals surface area contributed by atoms with Crippen molar-refractivity contribution in [2.24, 2.45) is 0 Å². The van der Waals surface area contributed by atoms with Crippen LogP contribution in [0, 0.1) is 0 Å². The Balaban J connectivity index is 1.73. The van der Waals surface area contributed by atoms with Crippen molar-refractivity contribution in [2.45, 2.75) is 6.10 Å². The molecule has 0 radical (unpaired) electrons.